The number of aromatic nitrogens is 3. The van der Waals surface area contributed by atoms with Crippen molar-refractivity contribution in [2.45, 2.75) is 44.6 Å². The van der Waals surface area contributed by atoms with E-state index in [1.54, 1.807) is 0 Å². The fourth-order valence-electron chi connectivity index (χ4n) is 4.49. The first-order chi connectivity index (χ1) is 16.5. The van der Waals surface area contributed by atoms with Crippen molar-refractivity contribution in [3.63, 3.8) is 0 Å². The Balaban J connectivity index is 1.52. The smallest absolute Gasteiger partial charge is 0.216 e. The molecule has 6 nitrogen and oxygen atoms in total. The first kappa shape index (κ1) is 22.2. The molecule has 0 spiro atoms. The normalized spacial score (nSPS) is 14.5. The van der Waals surface area contributed by atoms with E-state index in [0.717, 1.165) is 52.9 Å². The van der Waals surface area contributed by atoms with Crippen LogP contribution in [0.25, 0.3) is 33.4 Å². The molecule has 1 saturated carbocycles. The van der Waals surface area contributed by atoms with Gasteiger partial charge in [-0.25, -0.2) is 15.0 Å². The summed E-state index contributed by atoms with van der Waals surface area (Å²) < 4.78 is 0. The second-order valence-electron chi connectivity index (χ2n) is 9.12. The lowest BCUT2D eigenvalue weighted by Gasteiger charge is -2.38. The molecule has 0 saturated heterocycles. The highest BCUT2D eigenvalue weighted by atomic mass is 16.1. The zero-order chi connectivity index (χ0) is 23.5. The molecule has 0 radical (unpaired) electrons. The number of benzene rings is 2. The van der Waals surface area contributed by atoms with Gasteiger partial charge in [0.1, 0.15) is 5.82 Å². The highest BCUT2D eigenvalue weighted by Gasteiger charge is 2.34. The average Bonchev–Trinajstić information content (AvgIpc) is 2.85. The summed E-state index contributed by atoms with van der Waals surface area (Å²) in [4.78, 5) is 25.4. The minimum atomic E-state index is -0.184. The van der Waals surface area contributed by atoms with Gasteiger partial charge in [-0.2, -0.15) is 0 Å². The van der Waals surface area contributed by atoms with Crippen LogP contribution in [0.1, 0.15) is 44.0 Å². The van der Waals surface area contributed by atoms with Crippen LogP contribution in [0, 0.1) is 0 Å². The van der Waals surface area contributed by atoms with Gasteiger partial charge in [0.25, 0.3) is 0 Å². The summed E-state index contributed by atoms with van der Waals surface area (Å²) in [6.07, 6.45) is 6.57. The Labute approximate surface area is 199 Å². The van der Waals surface area contributed by atoms with Crippen LogP contribution >= 0.6 is 0 Å². The second kappa shape index (κ2) is 9.31. The van der Waals surface area contributed by atoms with Crippen molar-refractivity contribution in [1.82, 2.24) is 20.3 Å². The maximum absolute atomic E-state index is 11.1. The molecule has 1 fully saturated rings. The van der Waals surface area contributed by atoms with Crippen molar-refractivity contribution in [3.05, 3.63) is 78.2 Å². The summed E-state index contributed by atoms with van der Waals surface area (Å²) in [5.41, 5.74) is 12.3. The zero-order valence-electron chi connectivity index (χ0n) is 19.4. The van der Waals surface area contributed by atoms with E-state index < -0.39 is 0 Å². The van der Waals surface area contributed by atoms with Crippen molar-refractivity contribution in [1.29, 1.82) is 0 Å². The number of rotatable bonds is 7. The Morgan fingerprint density at radius 2 is 1.79 bits per heavy atom. The van der Waals surface area contributed by atoms with Gasteiger partial charge in [0.2, 0.25) is 5.91 Å². The van der Waals surface area contributed by atoms with Gasteiger partial charge in [-0.3, -0.25) is 4.79 Å². The van der Waals surface area contributed by atoms with E-state index in [1.165, 1.54) is 18.9 Å². The maximum Gasteiger partial charge on any atom is 0.216 e. The number of pyridine rings is 1. The van der Waals surface area contributed by atoms with Gasteiger partial charge in [0.05, 0.1) is 5.69 Å². The number of nitrogens with two attached hydrogens (primary N) is 1. The highest BCUT2D eigenvalue weighted by Crippen LogP contribution is 2.40. The molecule has 3 N–H and O–H groups in total. The van der Waals surface area contributed by atoms with E-state index in [0.29, 0.717) is 18.6 Å². The first-order valence-electron chi connectivity index (χ1n) is 11.9. The summed E-state index contributed by atoms with van der Waals surface area (Å²) >= 11 is 0. The molecule has 1 aliphatic carbocycles. The van der Waals surface area contributed by atoms with Crippen LogP contribution in [0.2, 0.25) is 0 Å². The fraction of sp³-hybridized carbons (Fsp3) is 0.286. The fourth-order valence-corrected chi connectivity index (χ4v) is 4.49. The largest absolute Gasteiger partial charge is 0.356 e. The third-order valence-corrected chi connectivity index (χ3v) is 6.63. The highest BCUT2D eigenvalue weighted by molar-refractivity contribution is 5.89. The van der Waals surface area contributed by atoms with Crippen LogP contribution in [0.5, 0.6) is 0 Å². The van der Waals surface area contributed by atoms with Gasteiger partial charge in [-0.1, -0.05) is 54.6 Å². The number of carbonyl (C=O) groups is 1. The number of amides is 1. The Morgan fingerprint density at radius 1 is 1.03 bits per heavy atom. The topological polar surface area (TPSA) is 93.8 Å². The first-order valence-corrected chi connectivity index (χ1v) is 11.9. The molecule has 2 heterocycles. The quantitative estimate of drug-likeness (QED) is 0.395. The van der Waals surface area contributed by atoms with Crippen molar-refractivity contribution in [2.24, 2.45) is 5.73 Å². The Bertz CT molecular complexity index is 1310. The van der Waals surface area contributed by atoms with Crippen molar-refractivity contribution < 1.29 is 4.79 Å². The second-order valence-corrected chi connectivity index (χ2v) is 9.12. The van der Waals surface area contributed by atoms with Crippen LogP contribution < -0.4 is 11.1 Å². The molecule has 0 bridgehead atoms. The van der Waals surface area contributed by atoms with E-state index >= 15 is 0 Å². The van der Waals surface area contributed by atoms with Crippen LogP contribution in [0.4, 0.5) is 0 Å². The minimum Gasteiger partial charge on any atom is -0.356 e. The van der Waals surface area contributed by atoms with E-state index in [2.05, 4.69) is 52.8 Å². The summed E-state index contributed by atoms with van der Waals surface area (Å²) in [5, 5.41) is 3.72. The Kier molecular flexibility index (Phi) is 6.07. The molecule has 1 amide bonds. The molecule has 2 aromatic heterocycles. The van der Waals surface area contributed by atoms with Gasteiger partial charge < -0.3 is 11.1 Å². The van der Waals surface area contributed by atoms with Crippen molar-refractivity contribution >= 4 is 16.9 Å². The van der Waals surface area contributed by atoms with Crippen LogP contribution in [0.15, 0.2) is 66.9 Å². The van der Waals surface area contributed by atoms with Crippen LogP contribution in [0.3, 0.4) is 0 Å². The lowest BCUT2D eigenvalue weighted by atomic mass is 9.72. The molecule has 4 aromatic rings. The standard InChI is InChI=1S/C28H29N5O/c1-19(34)30-16-5-9-25-31-18-22-17-24(20-7-3-2-4-8-20)26(33-27(22)32-25)21-10-12-23(13-11-21)28(29)14-6-15-28/h2-4,7-8,10-13,17-18H,5-6,9,14-16,29H2,1H3,(H,30,34). The average molecular weight is 452 g/mol. The maximum atomic E-state index is 11.1. The zero-order valence-corrected chi connectivity index (χ0v) is 19.4. The molecule has 0 unspecified atom stereocenters. The molecule has 0 aliphatic heterocycles. The molecule has 34 heavy (non-hydrogen) atoms. The lowest BCUT2D eigenvalue weighted by molar-refractivity contribution is -0.118. The molecule has 5 rings (SSSR count). The molecule has 172 valence electrons. The van der Waals surface area contributed by atoms with E-state index in [9.17, 15) is 4.79 Å². The van der Waals surface area contributed by atoms with Gasteiger partial charge in [-0.05, 0) is 42.9 Å². The summed E-state index contributed by atoms with van der Waals surface area (Å²) in [6.45, 7) is 2.13. The monoisotopic (exact) mass is 451 g/mol. The SMILES string of the molecule is CC(=O)NCCCc1ncc2cc(-c3ccccc3)c(-c3ccc(C4(N)CCC4)cc3)nc2n1. The van der Waals surface area contributed by atoms with Crippen LogP contribution in [-0.4, -0.2) is 27.4 Å². The van der Waals surface area contributed by atoms with Crippen molar-refractivity contribution in [2.75, 3.05) is 6.54 Å². The van der Waals surface area contributed by atoms with E-state index in [1.807, 2.05) is 24.4 Å². The Hall–Kier alpha value is -3.64. The minimum absolute atomic E-state index is 0.0249. The van der Waals surface area contributed by atoms with Crippen LogP contribution in [-0.2, 0) is 16.8 Å². The number of fused-ring (bicyclic) bond motifs is 1. The molecule has 1 aliphatic rings. The number of nitrogens with one attached hydrogen (secondary N) is 1. The molecular weight excluding hydrogens is 422 g/mol. The summed E-state index contributed by atoms with van der Waals surface area (Å²) in [7, 11) is 0. The van der Waals surface area contributed by atoms with Gasteiger partial charge in [0, 0.05) is 48.1 Å². The Morgan fingerprint density at radius 3 is 2.47 bits per heavy atom. The van der Waals surface area contributed by atoms with Gasteiger partial charge in [0.15, 0.2) is 5.65 Å². The summed E-state index contributed by atoms with van der Waals surface area (Å²) in [6, 6.07) is 20.9. The van der Waals surface area contributed by atoms with Gasteiger partial charge in [-0.15, -0.1) is 0 Å². The predicted octanol–water partition coefficient (Wildman–Crippen LogP) is 4.77. The molecular formula is C28H29N5O. The summed E-state index contributed by atoms with van der Waals surface area (Å²) in [5.74, 6) is 0.706. The number of aryl methyl sites for hydroxylation is 1. The number of carbonyl (C=O) groups excluding carboxylic acids is 1. The molecule has 6 heteroatoms. The van der Waals surface area contributed by atoms with Crippen molar-refractivity contribution in [3.8, 4) is 22.4 Å². The lowest BCUT2D eigenvalue weighted by Crippen LogP contribution is -2.43. The van der Waals surface area contributed by atoms with E-state index in [-0.39, 0.29) is 11.4 Å². The molecule has 0 atom stereocenters. The van der Waals surface area contributed by atoms with E-state index in [4.69, 9.17) is 15.7 Å². The number of nitrogens with zero attached hydrogens (tertiary/aromatic N) is 3. The molecule has 2 aromatic carbocycles. The predicted molar refractivity (Wildman–Crippen MR) is 135 cm³/mol. The van der Waals surface area contributed by atoms with Gasteiger partial charge >= 0.3 is 0 Å². The third kappa shape index (κ3) is 4.54. The third-order valence-electron chi connectivity index (χ3n) is 6.63. The number of hydrogen-bond acceptors (Lipinski definition) is 5. The number of hydrogen-bond donors (Lipinski definition) is 2.